The molecule has 2 unspecified atom stereocenters. The molecule has 164 valence electrons. The quantitative estimate of drug-likeness (QED) is 0.481. The Hall–Kier alpha value is -2.72. The van der Waals surface area contributed by atoms with Crippen molar-refractivity contribution >= 4 is 38.5 Å². The number of fused-ring (bicyclic) bond motifs is 2. The molecule has 0 saturated heterocycles. The first-order chi connectivity index (χ1) is 15.6. The number of halogens is 1. The molecule has 2 aliphatic rings. The van der Waals surface area contributed by atoms with E-state index in [-0.39, 0.29) is 10.9 Å². The van der Waals surface area contributed by atoms with Crippen LogP contribution in [0.25, 0.3) is 22.0 Å². The molecule has 3 aromatic rings. The highest BCUT2D eigenvalue weighted by Crippen LogP contribution is 2.43. The van der Waals surface area contributed by atoms with Crippen molar-refractivity contribution in [1.82, 2.24) is 14.8 Å². The number of nitriles is 1. The number of anilines is 1. The number of nitrogens with zero attached hydrogens (tertiary/aromatic N) is 5. The molecule has 0 bridgehead atoms. The van der Waals surface area contributed by atoms with Gasteiger partial charge in [-0.2, -0.15) is 10.4 Å². The minimum atomic E-state index is -0.0741. The predicted molar refractivity (Wildman–Crippen MR) is 131 cm³/mol. The molecule has 6 nitrogen and oxygen atoms in total. The van der Waals surface area contributed by atoms with Crippen LogP contribution in [0.1, 0.15) is 39.0 Å². The predicted octanol–water partition coefficient (Wildman–Crippen LogP) is 5.62. The fourth-order valence-electron chi connectivity index (χ4n) is 5.51. The number of hydrogen-bond acceptors (Lipinski definition) is 5. The molecule has 0 amide bonds. The molecule has 32 heavy (non-hydrogen) atoms. The van der Waals surface area contributed by atoms with Crippen molar-refractivity contribution in [2.75, 3.05) is 11.4 Å². The van der Waals surface area contributed by atoms with E-state index in [4.69, 9.17) is 10.7 Å². The molecule has 0 radical (unpaired) electrons. The Labute approximate surface area is 196 Å². The molecular formula is C25H27BrN6. The zero-order chi connectivity index (χ0) is 22.2. The Bertz CT molecular complexity index is 1190. The summed E-state index contributed by atoms with van der Waals surface area (Å²) in [4.78, 5) is 7.02. The Morgan fingerprint density at radius 3 is 2.72 bits per heavy atom. The fraction of sp³-hybridized carbons (Fsp3) is 0.440. The third-order valence-corrected chi connectivity index (χ3v) is 8.14. The second-order valence-electron chi connectivity index (χ2n) is 8.92. The average molecular weight is 491 g/mol. The van der Waals surface area contributed by atoms with Gasteiger partial charge in [0.1, 0.15) is 11.7 Å². The van der Waals surface area contributed by atoms with Gasteiger partial charge in [-0.05, 0) is 56.6 Å². The number of pyridine rings is 1. The molecule has 2 aromatic heterocycles. The van der Waals surface area contributed by atoms with E-state index < -0.39 is 0 Å². The molecule has 1 saturated carbocycles. The number of rotatable bonds is 4. The van der Waals surface area contributed by atoms with Crippen LogP contribution in [0.3, 0.4) is 0 Å². The summed E-state index contributed by atoms with van der Waals surface area (Å²) in [5, 5.41) is 23.7. The summed E-state index contributed by atoms with van der Waals surface area (Å²) in [7, 11) is 0. The molecule has 1 aliphatic heterocycles. The van der Waals surface area contributed by atoms with Crippen molar-refractivity contribution in [2.45, 2.75) is 49.9 Å². The van der Waals surface area contributed by atoms with Crippen LogP contribution in [-0.4, -0.2) is 38.0 Å². The molecule has 1 N–H and O–H groups in total. The largest absolute Gasteiger partial charge is 0.351 e. The molecule has 0 spiro atoms. The topological polar surface area (TPSA) is 81.6 Å². The first-order valence-electron chi connectivity index (χ1n) is 11.4. The van der Waals surface area contributed by atoms with Gasteiger partial charge in [-0.1, -0.05) is 34.1 Å². The van der Waals surface area contributed by atoms with Crippen LogP contribution in [0.5, 0.6) is 0 Å². The van der Waals surface area contributed by atoms with Crippen LogP contribution in [0.4, 0.5) is 5.82 Å². The lowest BCUT2D eigenvalue weighted by molar-refractivity contribution is 0.240. The maximum absolute atomic E-state index is 9.07. The van der Waals surface area contributed by atoms with Crippen LogP contribution in [-0.2, 0) is 0 Å². The van der Waals surface area contributed by atoms with Gasteiger partial charge >= 0.3 is 0 Å². The van der Waals surface area contributed by atoms with Crippen LogP contribution >= 0.6 is 15.9 Å². The first kappa shape index (κ1) is 21.1. The van der Waals surface area contributed by atoms with Gasteiger partial charge in [-0.3, -0.25) is 10.4 Å². The normalized spacial score (nSPS) is 25.5. The van der Waals surface area contributed by atoms with Gasteiger partial charge in [0.25, 0.3) is 0 Å². The zero-order valence-corrected chi connectivity index (χ0v) is 19.8. The van der Waals surface area contributed by atoms with Gasteiger partial charge < -0.3 is 4.90 Å². The molecule has 5 rings (SSSR count). The fourth-order valence-corrected chi connectivity index (χ4v) is 6.42. The number of aromatic nitrogens is 3. The lowest BCUT2D eigenvalue weighted by Crippen LogP contribution is -2.56. The monoisotopic (exact) mass is 490 g/mol. The Balaban J connectivity index is 1.53. The number of hydrogen-bond donors (Lipinski definition) is 1. The molecule has 3 heterocycles. The zero-order valence-electron chi connectivity index (χ0n) is 18.2. The van der Waals surface area contributed by atoms with E-state index in [1.54, 1.807) is 4.68 Å². The number of nitrogens with one attached hydrogen (secondary N) is 1. The minimum absolute atomic E-state index is 0.0741. The van der Waals surface area contributed by atoms with Crippen molar-refractivity contribution in [2.24, 2.45) is 11.8 Å². The summed E-state index contributed by atoms with van der Waals surface area (Å²) in [6.07, 6.45) is 8.85. The van der Waals surface area contributed by atoms with Gasteiger partial charge in [0, 0.05) is 35.7 Å². The number of para-hydroxylation sites is 1. The van der Waals surface area contributed by atoms with Crippen LogP contribution in [0.15, 0.2) is 42.7 Å². The summed E-state index contributed by atoms with van der Waals surface area (Å²) >= 11 is 3.86. The van der Waals surface area contributed by atoms with Crippen LogP contribution in [0.2, 0.25) is 0 Å². The average Bonchev–Trinajstić information content (AvgIpc) is 3.27. The molecule has 1 aromatic carbocycles. The van der Waals surface area contributed by atoms with Gasteiger partial charge in [0.05, 0.1) is 28.7 Å². The van der Waals surface area contributed by atoms with E-state index in [2.05, 4.69) is 56.0 Å². The van der Waals surface area contributed by atoms with Gasteiger partial charge in [0.15, 0.2) is 0 Å². The second kappa shape index (κ2) is 8.67. The Morgan fingerprint density at radius 1 is 1.19 bits per heavy atom. The van der Waals surface area contributed by atoms with Gasteiger partial charge in [0.2, 0.25) is 0 Å². The van der Waals surface area contributed by atoms with E-state index in [0.29, 0.717) is 24.1 Å². The summed E-state index contributed by atoms with van der Waals surface area (Å²) in [5.41, 5.74) is 3.03. The molecule has 2 atom stereocenters. The van der Waals surface area contributed by atoms with E-state index in [0.717, 1.165) is 60.1 Å². The highest BCUT2D eigenvalue weighted by atomic mass is 79.9. The minimum Gasteiger partial charge on any atom is -0.351 e. The van der Waals surface area contributed by atoms with Gasteiger partial charge in [-0.15, -0.1) is 0 Å². The summed E-state index contributed by atoms with van der Waals surface area (Å²) < 4.78 is 1.78. The lowest BCUT2D eigenvalue weighted by Gasteiger charge is -2.46. The summed E-state index contributed by atoms with van der Waals surface area (Å²) in [6.45, 7) is 3.03. The Kier molecular flexibility index (Phi) is 5.73. The summed E-state index contributed by atoms with van der Waals surface area (Å²) in [5.74, 6) is 2.50. The Morgan fingerprint density at radius 2 is 1.97 bits per heavy atom. The van der Waals surface area contributed by atoms with Crippen molar-refractivity contribution in [3.8, 4) is 17.2 Å². The number of alkyl halides is 1. The molecule has 7 heteroatoms. The highest BCUT2D eigenvalue weighted by molar-refractivity contribution is 9.10. The van der Waals surface area contributed by atoms with Gasteiger partial charge in [-0.25, -0.2) is 4.68 Å². The standard InChI is InChI=1S/C25H27BrN6/c1-2-31-23(17-9-7-16(8-10-17)11-12-27)22(26)24(28)32-25(31)20(15-30-32)19-13-18-5-3-4-6-21(18)29-14-19/h3-6,13-17,22-23,28H,2,7-11H2,1H3. The van der Waals surface area contributed by atoms with E-state index >= 15 is 0 Å². The van der Waals surface area contributed by atoms with Crippen molar-refractivity contribution in [3.05, 3.63) is 42.7 Å². The van der Waals surface area contributed by atoms with E-state index in [1.165, 1.54) is 0 Å². The third kappa shape index (κ3) is 3.51. The van der Waals surface area contributed by atoms with E-state index in [9.17, 15) is 0 Å². The van der Waals surface area contributed by atoms with Crippen LogP contribution in [0, 0.1) is 28.6 Å². The van der Waals surface area contributed by atoms with Crippen molar-refractivity contribution in [3.63, 3.8) is 0 Å². The maximum atomic E-state index is 9.07. The highest BCUT2D eigenvalue weighted by Gasteiger charge is 2.43. The smallest absolute Gasteiger partial charge is 0.142 e. The second-order valence-corrected chi connectivity index (χ2v) is 9.90. The van der Waals surface area contributed by atoms with Crippen molar-refractivity contribution in [1.29, 1.82) is 10.7 Å². The molecule has 1 aliphatic carbocycles. The molecular weight excluding hydrogens is 464 g/mol. The lowest BCUT2D eigenvalue weighted by atomic mass is 9.75. The third-order valence-electron chi connectivity index (χ3n) is 7.16. The summed E-state index contributed by atoms with van der Waals surface area (Å²) in [6, 6.07) is 12.9. The maximum Gasteiger partial charge on any atom is 0.142 e. The first-order valence-corrected chi connectivity index (χ1v) is 12.3. The molecule has 1 fully saturated rings. The van der Waals surface area contributed by atoms with Crippen molar-refractivity contribution < 1.29 is 0 Å². The SMILES string of the molecule is CCN1c2c(-c3cnc4ccccc4c3)cnn2C(=N)C(Br)C1C1CCC(CC#N)CC1. The number of benzene rings is 1. The van der Waals surface area contributed by atoms with E-state index in [1.807, 2.05) is 30.6 Å². The van der Waals surface area contributed by atoms with Crippen LogP contribution < -0.4 is 4.90 Å².